The molecule has 4 nitrogen and oxygen atoms in total. The highest BCUT2D eigenvalue weighted by Crippen LogP contribution is 2.29. The maximum Gasteiger partial charge on any atom is 0.223 e. The molecule has 2 rings (SSSR count). The predicted molar refractivity (Wildman–Crippen MR) is 78.6 cm³/mol. The van der Waals surface area contributed by atoms with Crippen LogP contribution in [0.25, 0.3) is 0 Å². The van der Waals surface area contributed by atoms with Crippen molar-refractivity contribution in [2.75, 3.05) is 6.54 Å². The number of halogens is 1. The molecule has 0 spiro atoms. The minimum Gasteiger partial charge on any atom is -0.550 e. The quantitative estimate of drug-likeness (QED) is 0.897. The summed E-state index contributed by atoms with van der Waals surface area (Å²) in [6, 6.07) is 7.45. The number of amides is 1. The van der Waals surface area contributed by atoms with Gasteiger partial charge in [0.05, 0.1) is 0 Å². The van der Waals surface area contributed by atoms with Gasteiger partial charge in [-0.25, -0.2) is 0 Å². The normalized spacial score (nSPS) is 21.8. The summed E-state index contributed by atoms with van der Waals surface area (Å²) in [5.74, 6) is -2.37. The summed E-state index contributed by atoms with van der Waals surface area (Å²) < 4.78 is 0. The molecule has 0 aliphatic heterocycles. The standard InChI is InChI=1S/C16H20ClNO3/c17-12-7-5-11(6-8-12)9-10-18-15(19)13-3-1-2-4-14(13)16(20)21/h5-8,13-14H,1-4,9-10H2,(H,18,19)(H,20,21)/p-1/t13-,14-/m0/s1. The smallest absolute Gasteiger partial charge is 0.223 e. The van der Waals surface area contributed by atoms with Gasteiger partial charge in [-0.15, -0.1) is 0 Å². The van der Waals surface area contributed by atoms with E-state index in [1.54, 1.807) is 0 Å². The summed E-state index contributed by atoms with van der Waals surface area (Å²) in [5, 5.41) is 14.6. The molecule has 0 saturated heterocycles. The summed E-state index contributed by atoms with van der Waals surface area (Å²) in [6.07, 6.45) is 3.63. The van der Waals surface area contributed by atoms with E-state index in [2.05, 4.69) is 5.32 Å². The van der Waals surface area contributed by atoms with Crippen LogP contribution in [0.15, 0.2) is 24.3 Å². The molecule has 1 aliphatic rings. The zero-order valence-corrected chi connectivity index (χ0v) is 12.6. The minimum absolute atomic E-state index is 0.169. The van der Waals surface area contributed by atoms with Crippen molar-refractivity contribution in [1.82, 2.24) is 5.32 Å². The van der Waals surface area contributed by atoms with Crippen molar-refractivity contribution in [3.63, 3.8) is 0 Å². The molecule has 0 heterocycles. The van der Waals surface area contributed by atoms with Crippen LogP contribution in [0.4, 0.5) is 0 Å². The summed E-state index contributed by atoms with van der Waals surface area (Å²) in [4.78, 5) is 23.2. The lowest BCUT2D eigenvalue weighted by Gasteiger charge is -2.31. The Labute approximate surface area is 129 Å². The van der Waals surface area contributed by atoms with Crippen molar-refractivity contribution in [2.45, 2.75) is 32.1 Å². The molecule has 0 aromatic heterocycles. The second kappa shape index (κ2) is 7.46. The maximum absolute atomic E-state index is 12.1. The number of hydrogen-bond acceptors (Lipinski definition) is 3. The Morgan fingerprint density at radius 1 is 1.14 bits per heavy atom. The number of nitrogens with one attached hydrogen (secondary N) is 1. The molecule has 1 aromatic rings. The van der Waals surface area contributed by atoms with Crippen LogP contribution in [0, 0.1) is 11.8 Å². The number of carbonyl (C=O) groups is 2. The van der Waals surface area contributed by atoms with Crippen molar-refractivity contribution in [1.29, 1.82) is 0 Å². The summed E-state index contributed by atoms with van der Waals surface area (Å²) in [7, 11) is 0. The lowest BCUT2D eigenvalue weighted by molar-refractivity contribution is -0.314. The number of carboxylic acid groups (broad SMARTS) is 1. The molecule has 114 valence electrons. The van der Waals surface area contributed by atoms with E-state index in [0.717, 1.165) is 18.4 Å². The van der Waals surface area contributed by atoms with Gasteiger partial charge in [0.15, 0.2) is 0 Å². The Bertz CT molecular complexity index is 501. The van der Waals surface area contributed by atoms with Crippen molar-refractivity contribution in [3.8, 4) is 0 Å². The molecule has 1 aliphatic carbocycles. The highest BCUT2D eigenvalue weighted by molar-refractivity contribution is 6.30. The van der Waals surface area contributed by atoms with Crippen LogP contribution in [-0.2, 0) is 16.0 Å². The monoisotopic (exact) mass is 308 g/mol. The third-order valence-electron chi connectivity index (χ3n) is 4.03. The van der Waals surface area contributed by atoms with Gasteiger partial charge in [0.1, 0.15) is 0 Å². The highest BCUT2D eigenvalue weighted by atomic mass is 35.5. The summed E-state index contributed by atoms with van der Waals surface area (Å²) in [6.45, 7) is 0.497. The van der Waals surface area contributed by atoms with E-state index in [0.29, 0.717) is 30.8 Å². The fourth-order valence-electron chi connectivity index (χ4n) is 2.84. The van der Waals surface area contributed by atoms with Gasteiger partial charge >= 0.3 is 0 Å². The van der Waals surface area contributed by atoms with E-state index in [9.17, 15) is 14.7 Å². The Hall–Kier alpha value is -1.55. The molecule has 0 unspecified atom stereocenters. The zero-order chi connectivity index (χ0) is 15.2. The van der Waals surface area contributed by atoms with Gasteiger partial charge in [-0.2, -0.15) is 0 Å². The molecular weight excluding hydrogens is 290 g/mol. The molecular formula is C16H19ClNO3-. The Balaban J connectivity index is 1.83. The topological polar surface area (TPSA) is 69.2 Å². The van der Waals surface area contributed by atoms with E-state index in [1.165, 1.54) is 0 Å². The number of carbonyl (C=O) groups excluding carboxylic acids is 2. The Morgan fingerprint density at radius 3 is 2.38 bits per heavy atom. The number of benzene rings is 1. The average molecular weight is 309 g/mol. The van der Waals surface area contributed by atoms with Crippen LogP contribution >= 0.6 is 11.6 Å². The van der Waals surface area contributed by atoms with Gasteiger partial charge in [-0.3, -0.25) is 4.79 Å². The minimum atomic E-state index is -1.10. The number of carboxylic acids is 1. The fourth-order valence-corrected chi connectivity index (χ4v) is 2.97. The van der Waals surface area contributed by atoms with Crippen molar-refractivity contribution in [2.24, 2.45) is 11.8 Å². The molecule has 21 heavy (non-hydrogen) atoms. The molecule has 1 N–H and O–H groups in total. The maximum atomic E-state index is 12.1. The third-order valence-corrected chi connectivity index (χ3v) is 4.28. The highest BCUT2D eigenvalue weighted by Gasteiger charge is 2.31. The molecule has 2 atom stereocenters. The lowest BCUT2D eigenvalue weighted by Crippen LogP contribution is -2.44. The first kappa shape index (κ1) is 15.8. The summed E-state index contributed by atoms with van der Waals surface area (Å²) >= 11 is 5.81. The number of rotatable bonds is 5. The van der Waals surface area contributed by atoms with Crippen molar-refractivity contribution in [3.05, 3.63) is 34.9 Å². The SMILES string of the molecule is O=C([O-])[C@H]1CCCC[C@@H]1C(=O)NCCc1ccc(Cl)cc1. The second-order valence-corrected chi connectivity index (χ2v) is 5.92. The largest absolute Gasteiger partial charge is 0.550 e. The van der Waals surface area contributed by atoms with Gasteiger partial charge < -0.3 is 15.2 Å². The Kier molecular flexibility index (Phi) is 5.62. The van der Waals surface area contributed by atoms with Gasteiger partial charge in [0.2, 0.25) is 5.91 Å². The molecule has 1 aromatic carbocycles. The number of hydrogen-bond donors (Lipinski definition) is 1. The molecule has 1 saturated carbocycles. The van der Waals surface area contributed by atoms with Gasteiger partial charge in [-0.05, 0) is 37.0 Å². The van der Waals surface area contributed by atoms with E-state index in [1.807, 2.05) is 24.3 Å². The number of aliphatic carboxylic acids is 1. The molecule has 5 heteroatoms. The first-order chi connectivity index (χ1) is 10.1. The third kappa shape index (κ3) is 4.46. The molecule has 1 fully saturated rings. The molecule has 0 radical (unpaired) electrons. The first-order valence-corrected chi connectivity index (χ1v) is 7.68. The zero-order valence-electron chi connectivity index (χ0n) is 11.8. The van der Waals surface area contributed by atoms with Gasteiger partial charge in [0.25, 0.3) is 0 Å². The van der Waals surface area contributed by atoms with E-state index in [-0.39, 0.29) is 5.91 Å². The van der Waals surface area contributed by atoms with Crippen LogP contribution in [0.3, 0.4) is 0 Å². The average Bonchev–Trinajstić information content (AvgIpc) is 2.49. The van der Waals surface area contributed by atoms with E-state index < -0.39 is 17.8 Å². The molecule has 0 bridgehead atoms. The van der Waals surface area contributed by atoms with Crippen LogP contribution in [-0.4, -0.2) is 18.4 Å². The van der Waals surface area contributed by atoms with Crippen LogP contribution in [0.2, 0.25) is 5.02 Å². The van der Waals surface area contributed by atoms with Crippen molar-refractivity contribution < 1.29 is 14.7 Å². The Morgan fingerprint density at radius 2 is 1.76 bits per heavy atom. The second-order valence-electron chi connectivity index (χ2n) is 5.48. The van der Waals surface area contributed by atoms with Gasteiger partial charge in [-0.1, -0.05) is 36.6 Å². The van der Waals surface area contributed by atoms with Crippen LogP contribution in [0.5, 0.6) is 0 Å². The van der Waals surface area contributed by atoms with Crippen LogP contribution in [0.1, 0.15) is 31.2 Å². The fraction of sp³-hybridized carbons (Fsp3) is 0.500. The van der Waals surface area contributed by atoms with E-state index >= 15 is 0 Å². The first-order valence-electron chi connectivity index (χ1n) is 7.31. The molecule has 1 amide bonds. The van der Waals surface area contributed by atoms with Crippen LogP contribution < -0.4 is 10.4 Å². The van der Waals surface area contributed by atoms with E-state index in [4.69, 9.17) is 11.6 Å². The van der Waals surface area contributed by atoms with Gasteiger partial charge in [0, 0.05) is 29.4 Å². The summed E-state index contributed by atoms with van der Waals surface area (Å²) in [5.41, 5.74) is 1.08. The lowest BCUT2D eigenvalue weighted by atomic mass is 9.78. The predicted octanol–water partition coefficient (Wildman–Crippen LogP) is 1.55. The van der Waals surface area contributed by atoms with Crippen molar-refractivity contribution >= 4 is 23.5 Å².